The number of anilines is 2. The maximum atomic E-state index is 15.5. The van der Waals surface area contributed by atoms with Crippen molar-refractivity contribution in [3.63, 3.8) is 0 Å². The van der Waals surface area contributed by atoms with E-state index in [2.05, 4.69) is 15.3 Å². The minimum atomic E-state index is -4.98. The number of ether oxygens (including phenoxy) is 1. The fourth-order valence-corrected chi connectivity index (χ4v) is 4.66. The van der Waals surface area contributed by atoms with Gasteiger partial charge in [-0.15, -0.1) is 0 Å². The van der Waals surface area contributed by atoms with Crippen molar-refractivity contribution in [1.82, 2.24) is 19.9 Å². The molecule has 39 heavy (non-hydrogen) atoms. The third kappa shape index (κ3) is 5.43. The van der Waals surface area contributed by atoms with Crippen molar-refractivity contribution in [2.45, 2.75) is 6.18 Å². The number of nitrogens with zero attached hydrogens (tertiary/aromatic N) is 5. The number of pyridine rings is 1. The Hall–Kier alpha value is -4.04. The van der Waals surface area contributed by atoms with Gasteiger partial charge in [-0.05, 0) is 12.1 Å². The maximum Gasteiger partial charge on any atom is 0.417 e. The highest BCUT2D eigenvalue weighted by molar-refractivity contribution is 5.94. The van der Waals surface area contributed by atoms with E-state index in [1.807, 2.05) is 4.90 Å². The zero-order chi connectivity index (χ0) is 27.7. The number of hydrogen-bond donors (Lipinski definition) is 2. The molecule has 0 spiro atoms. The molecular weight excluding hydrogens is 522 g/mol. The Morgan fingerprint density at radius 1 is 0.974 bits per heavy atom. The Labute approximate surface area is 220 Å². The van der Waals surface area contributed by atoms with E-state index in [1.54, 1.807) is 4.90 Å². The number of piperazine rings is 1. The van der Waals surface area contributed by atoms with Crippen LogP contribution in [0.5, 0.6) is 0 Å². The van der Waals surface area contributed by atoms with E-state index in [4.69, 9.17) is 10.5 Å². The van der Waals surface area contributed by atoms with Crippen LogP contribution < -0.4 is 26.4 Å². The van der Waals surface area contributed by atoms with Crippen LogP contribution >= 0.6 is 0 Å². The van der Waals surface area contributed by atoms with Crippen LogP contribution in [0.3, 0.4) is 0 Å². The summed E-state index contributed by atoms with van der Waals surface area (Å²) in [6.45, 7) is 4.36. The van der Waals surface area contributed by atoms with Crippen LogP contribution in [0.1, 0.15) is 15.9 Å². The molecule has 0 atom stereocenters. The summed E-state index contributed by atoms with van der Waals surface area (Å²) in [4.78, 5) is 37.4. The van der Waals surface area contributed by atoms with Crippen molar-refractivity contribution < 1.29 is 27.1 Å². The number of carbonyl (C=O) groups is 1. The van der Waals surface area contributed by atoms with Crippen molar-refractivity contribution in [3.05, 3.63) is 64.1 Å². The summed E-state index contributed by atoms with van der Waals surface area (Å²) in [5, 5.41) is 3.23. The summed E-state index contributed by atoms with van der Waals surface area (Å²) >= 11 is 0. The Bertz CT molecular complexity index is 1430. The van der Waals surface area contributed by atoms with Gasteiger partial charge >= 0.3 is 6.18 Å². The molecule has 2 fully saturated rings. The monoisotopic (exact) mass is 547 g/mol. The van der Waals surface area contributed by atoms with E-state index in [1.165, 1.54) is 24.5 Å². The van der Waals surface area contributed by atoms with Crippen molar-refractivity contribution >= 4 is 17.5 Å². The van der Waals surface area contributed by atoms with Crippen LogP contribution in [0.4, 0.5) is 29.2 Å². The summed E-state index contributed by atoms with van der Waals surface area (Å²) in [5.74, 6) is -1.52. The number of nitrogens with two attached hydrogens (primary N) is 1. The molecular formula is C25H25F4N7O3. The second-order valence-corrected chi connectivity index (χ2v) is 9.10. The zero-order valence-corrected chi connectivity index (χ0v) is 20.7. The number of aromatic nitrogens is 3. The lowest BCUT2D eigenvalue weighted by atomic mass is 10.0. The lowest BCUT2D eigenvalue weighted by Gasteiger charge is -2.31. The van der Waals surface area contributed by atoms with Gasteiger partial charge in [0.05, 0.1) is 35.7 Å². The number of morpholine rings is 1. The van der Waals surface area contributed by atoms with Gasteiger partial charge in [0.1, 0.15) is 5.82 Å². The first-order valence-corrected chi connectivity index (χ1v) is 12.2. The van der Waals surface area contributed by atoms with Crippen LogP contribution in [0.2, 0.25) is 0 Å². The number of primary amides is 1. The van der Waals surface area contributed by atoms with E-state index >= 15 is 4.39 Å². The molecule has 2 saturated heterocycles. The molecule has 2 aliphatic rings. The zero-order valence-electron chi connectivity index (χ0n) is 20.7. The van der Waals surface area contributed by atoms with E-state index in [9.17, 15) is 22.8 Å². The van der Waals surface area contributed by atoms with Gasteiger partial charge in [0.2, 0.25) is 5.95 Å². The number of carbonyl (C=O) groups excluding carboxylic acids is 1. The topological polar surface area (TPSA) is 119 Å². The first-order valence-electron chi connectivity index (χ1n) is 12.2. The highest BCUT2D eigenvalue weighted by Gasteiger charge is 2.36. The normalized spacial score (nSPS) is 16.4. The Morgan fingerprint density at radius 2 is 1.64 bits per heavy atom. The van der Waals surface area contributed by atoms with Crippen molar-refractivity contribution in [2.24, 2.45) is 5.73 Å². The highest BCUT2D eigenvalue weighted by Crippen LogP contribution is 2.35. The molecule has 206 valence electrons. The average Bonchev–Trinajstić information content (AvgIpc) is 2.93. The molecule has 1 amide bonds. The minimum Gasteiger partial charge on any atom is -0.378 e. The summed E-state index contributed by atoms with van der Waals surface area (Å²) in [6.07, 6.45) is -1.33. The molecule has 0 unspecified atom stereocenters. The van der Waals surface area contributed by atoms with Crippen LogP contribution in [-0.2, 0) is 10.9 Å². The predicted molar refractivity (Wildman–Crippen MR) is 135 cm³/mol. The molecule has 4 heterocycles. The lowest BCUT2D eigenvalue weighted by molar-refractivity contribution is -0.138. The number of nitrogens with one attached hydrogen (secondary N) is 1. The maximum absolute atomic E-state index is 15.5. The van der Waals surface area contributed by atoms with Gasteiger partial charge in [0, 0.05) is 75.1 Å². The number of rotatable bonds is 5. The van der Waals surface area contributed by atoms with Gasteiger partial charge in [0.25, 0.3) is 11.5 Å². The van der Waals surface area contributed by atoms with Crippen LogP contribution in [-0.4, -0.2) is 72.9 Å². The summed E-state index contributed by atoms with van der Waals surface area (Å²) < 4.78 is 62.4. The Balaban J connectivity index is 1.65. The first kappa shape index (κ1) is 26.6. The second kappa shape index (κ2) is 10.6. The van der Waals surface area contributed by atoms with Gasteiger partial charge in [-0.1, -0.05) is 0 Å². The largest absolute Gasteiger partial charge is 0.417 e. The molecule has 3 N–H and O–H groups in total. The summed E-state index contributed by atoms with van der Waals surface area (Å²) in [7, 11) is 0. The third-order valence-electron chi connectivity index (χ3n) is 6.65. The molecule has 0 radical (unpaired) electrons. The fourth-order valence-electron chi connectivity index (χ4n) is 4.66. The minimum absolute atomic E-state index is 0.0290. The van der Waals surface area contributed by atoms with Crippen LogP contribution in [0, 0.1) is 5.82 Å². The molecule has 0 aliphatic carbocycles. The smallest absolute Gasteiger partial charge is 0.378 e. The van der Waals surface area contributed by atoms with E-state index in [-0.39, 0.29) is 16.9 Å². The molecule has 2 aliphatic heterocycles. The number of benzene rings is 1. The quantitative estimate of drug-likeness (QED) is 0.465. The third-order valence-corrected chi connectivity index (χ3v) is 6.65. The fraction of sp³-hybridized carbons (Fsp3) is 0.360. The first-order chi connectivity index (χ1) is 18.6. The lowest BCUT2D eigenvalue weighted by Crippen LogP contribution is -2.44. The van der Waals surface area contributed by atoms with Crippen molar-refractivity contribution in [1.29, 1.82) is 0 Å². The molecule has 2 aromatic heterocycles. The van der Waals surface area contributed by atoms with Gasteiger partial charge in [-0.2, -0.15) is 13.2 Å². The highest BCUT2D eigenvalue weighted by atomic mass is 19.4. The van der Waals surface area contributed by atoms with E-state index < -0.39 is 34.6 Å². The molecule has 0 saturated carbocycles. The van der Waals surface area contributed by atoms with Gasteiger partial charge in [0.15, 0.2) is 0 Å². The SMILES string of the molecule is NC(=O)c1cn(-c2cc(-c3cnc(N4CCNCC4)nc3)c(F)cc2N2CCOCC2)c(=O)cc1C(F)(F)F. The number of halogens is 4. The molecule has 5 rings (SSSR count). The predicted octanol–water partition coefficient (Wildman–Crippen LogP) is 1.80. The number of amides is 1. The second-order valence-electron chi connectivity index (χ2n) is 9.10. The Morgan fingerprint density at radius 3 is 2.26 bits per heavy atom. The molecule has 10 nitrogen and oxygen atoms in total. The van der Waals surface area contributed by atoms with Crippen molar-refractivity contribution in [3.8, 4) is 16.8 Å². The summed E-state index contributed by atoms with van der Waals surface area (Å²) in [6, 6.07) is 2.86. The van der Waals surface area contributed by atoms with E-state index in [0.29, 0.717) is 57.0 Å². The van der Waals surface area contributed by atoms with Crippen molar-refractivity contribution in [2.75, 3.05) is 62.3 Å². The van der Waals surface area contributed by atoms with Crippen LogP contribution in [0.15, 0.2) is 41.6 Å². The van der Waals surface area contributed by atoms with Gasteiger partial charge in [-0.3, -0.25) is 14.2 Å². The van der Waals surface area contributed by atoms with Gasteiger partial charge in [-0.25, -0.2) is 14.4 Å². The summed E-state index contributed by atoms with van der Waals surface area (Å²) in [5.41, 5.74) is 2.50. The number of hydrogen-bond acceptors (Lipinski definition) is 8. The Kier molecular flexibility index (Phi) is 7.23. The van der Waals surface area contributed by atoms with E-state index in [0.717, 1.165) is 23.9 Å². The number of alkyl halides is 3. The molecule has 14 heteroatoms. The average molecular weight is 548 g/mol. The van der Waals surface area contributed by atoms with Gasteiger partial charge < -0.3 is 25.6 Å². The molecule has 3 aromatic rings. The molecule has 0 bridgehead atoms. The van der Waals surface area contributed by atoms with Crippen LogP contribution in [0.25, 0.3) is 16.8 Å². The molecule has 1 aromatic carbocycles. The standard InChI is InChI=1S/C25H25F4N7O3/c26-19-11-20(34-5-7-39-8-6-34)21(36-14-17(23(30)38)18(10-22(36)37)25(27,28)29)9-16(19)15-12-32-24(33-13-15)35-3-1-31-2-4-35/h9-14,31H,1-8H2,(H2,30,38).